The first-order valence-corrected chi connectivity index (χ1v) is 10.2. The van der Waals surface area contributed by atoms with Gasteiger partial charge in [0.15, 0.2) is 0 Å². The van der Waals surface area contributed by atoms with Crippen LogP contribution < -0.4 is 4.18 Å². The van der Waals surface area contributed by atoms with Gasteiger partial charge < -0.3 is 4.18 Å². The predicted molar refractivity (Wildman–Crippen MR) is 107 cm³/mol. The Hall–Kier alpha value is 0.970. The molecule has 0 aliphatic carbocycles. The first-order valence-electron chi connectivity index (χ1n) is 8.61. The number of hydrogen-bond acceptors (Lipinski definition) is 3. The van der Waals surface area contributed by atoms with Crippen molar-refractivity contribution in [3.63, 3.8) is 0 Å². The second-order valence-electron chi connectivity index (χ2n) is 5.84. The summed E-state index contributed by atoms with van der Waals surface area (Å²) >= 11 is 0. The van der Waals surface area contributed by atoms with Crippen LogP contribution in [0, 0.1) is 0 Å². The number of benzene rings is 1. The van der Waals surface area contributed by atoms with Crippen LogP contribution in [0.15, 0.2) is 30.3 Å². The SMILES string of the molecule is CCCCCCCCCCCCS(=O)(=O)Oc1ccccc1.[NaH].[NaH]. The Labute approximate surface area is 193 Å². The Balaban J connectivity index is 0. The van der Waals surface area contributed by atoms with Gasteiger partial charge in [-0.05, 0) is 18.6 Å². The molecule has 0 heterocycles. The van der Waals surface area contributed by atoms with Gasteiger partial charge in [-0.1, -0.05) is 82.9 Å². The van der Waals surface area contributed by atoms with Crippen molar-refractivity contribution >= 4 is 69.2 Å². The van der Waals surface area contributed by atoms with Crippen LogP contribution >= 0.6 is 0 Å². The van der Waals surface area contributed by atoms with Crippen molar-refractivity contribution in [1.29, 1.82) is 0 Å². The van der Waals surface area contributed by atoms with Gasteiger partial charge in [0.05, 0.1) is 5.75 Å². The summed E-state index contributed by atoms with van der Waals surface area (Å²) in [6.45, 7) is 2.23. The van der Waals surface area contributed by atoms with Crippen molar-refractivity contribution in [1.82, 2.24) is 0 Å². The molecule has 0 aliphatic heterocycles. The minimum absolute atomic E-state index is 0. The zero-order valence-corrected chi connectivity index (χ0v) is 14.6. The van der Waals surface area contributed by atoms with Crippen LogP contribution in [0.1, 0.15) is 71.1 Å². The van der Waals surface area contributed by atoms with Gasteiger partial charge >= 0.3 is 69.2 Å². The Kier molecular flexibility index (Phi) is 19.7. The van der Waals surface area contributed by atoms with Gasteiger partial charge in [0, 0.05) is 0 Å². The van der Waals surface area contributed by atoms with E-state index >= 15 is 0 Å². The van der Waals surface area contributed by atoms with Gasteiger partial charge in [-0.3, -0.25) is 0 Å². The summed E-state index contributed by atoms with van der Waals surface area (Å²) in [5, 5.41) is 0. The van der Waals surface area contributed by atoms with E-state index in [0.29, 0.717) is 12.2 Å². The molecule has 0 bridgehead atoms. The normalized spacial score (nSPS) is 10.5. The van der Waals surface area contributed by atoms with E-state index in [9.17, 15) is 8.42 Å². The Morgan fingerprint density at radius 3 is 1.71 bits per heavy atom. The molecule has 1 rings (SSSR count). The molecular weight excluding hydrogens is 342 g/mol. The standard InChI is InChI=1S/C18H30O3S.2Na.2H/c1-2-3-4-5-6-7-8-9-10-14-17-22(19,20)21-18-15-12-11-13-16-18;;;;/h11-13,15-16H,2-10,14,17H2,1H3;;;;. The molecule has 0 aromatic heterocycles. The third kappa shape index (κ3) is 15.2. The van der Waals surface area contributed by atoms with E-state index in [-0.39, 0.29) is 64.9 Å². The Morgan fingerprint density at radius 1 is 0.750 bits per heavy atom. The molecule has 0 amide bonds. The number of rotatable bonds is 13. The van der Waals surface area contributed by atoms with Crippen LogP contribution in [0.5, 0.6) is 5.75 Å². The topological polar surface area (TPSA) is 43.4 Å². The average Bonchev–Trinajstić information content (AvgIpc) is 2.49. The summed E-state index contributed by atoms with van der Waals surface area (Å²) in [6, 6.07) is 8.70. The summed E-state index contributed by atoms with van der Waals surface area (Å²) in [5.41, 5.74) is 0. The molecule has 0 N–H and O–H groups in total. The maximum absolute atomic E-state index is 11.8. The van der Waals surface area contributed by atoms with E-state index in [1.54, 1.807) is 24.3 Å². The monoisotopic (exact) mass is 374 g/mol. The molecule has 130 valence electrons. The van der Waals surface area contributed by atoms with Crippen molar-refractivity contribution < 1.29 is 12.6 Å². The predicted octanol–water partition coefficient (Wildman–Crippen LogP) is 4.02. The van der Waals surface area contributed by atoms with Crippen molar-refractivity contribution in [3.8, 4) is 5.75 Å². The number of para-hydroxylation sites is 1. The first-order chi connectivity index (χ1) is 10.6. The van der Waals surface area contributed by atoms with E-state index in [4.69, 9.17) is 4.18 Å². The van der Waals surface area contributed by atoms with Crippen LogP contribution in [0.4, 0.5) is 0 Å². The molecule has 0 unspecified atom stereocenters. The molecule has 6 heteroatoms. The zero-order chi connectivity index (χ0) is 16.1. The van der Waals surface area contributed by atoms with Gasteiger partial charge in [0.2, 0.25) is 0 Å². The zero-order valence-electron chi connectivity index (χ0n) is 13.8. The Morgan fingerprint density at radius 2 is 1.21 bits per heavy atom. The van der Waals surface area contributed by atoms with Gasteiger partial charge in [-0.25, -0.2) is 0 Å². The van der Waals surface area contributed by atoms with Crippen LogP contribution in [0.3, 0.4) is 0 Å². The molecule has 24 heavy (non-hydrogen) atoms. The Bertz CT molecular complexity index is 478. The van der Waals surface area contributed by atoms with Crippen molar-refractivity contribution in [2.75, 3.05) is 5.75 Å². The summed E-state index contributed by atoms with van der Waals surface area (Å²) in [6.07, 6.45) is 11.9. The second-order valence-corrected chi connectivity index (χ2v) is 7.53. The molecule has 1 aromatic rings. The molecule has 0 atom stereocenters. The fourth-order valence-corrected chi connectivity index (χ4v) is 3.48. The molecule has 0 fully saturated rings. The van der Waals surface area contributed by atoms with Gasteiger partial charge in [-0.15, -0.1) is 0 Å². The molecule has 0 radical (unpaired) electrons. The van der Waals surface area contributed by atoms with Crippen LogP contribution in [-0.4, -0.2) is 73.3 Å². The molecule has 0 aliphatic rings. The molecule has 0 saturated carbocycles. The summed E-state index contributed by atoms with van der Waals surface area (Å²) < 4.78 is 28.7. The molecule has 0 spiro atoms. The van der Waals surface area contributed by atoms with Crippen LogP contribution in [0.2, 0.25) is 0 Å². The van der Waals surface area contributed by atoms with Gasteiger partial charge in [0.25, 0.3) is 0 Å². The summed E-state index contributed by atoms with van der Waals surface area (Å²) in [5.74, 6) is 0.507. The fraction of sp³-hybridized carbons (Fsp3) is 0.667. The molecule has 1 aromatic carbocycles. The van der Waals surface area contributed by atoms with E-state index in [1.165, 1.54) is 44.9 Å². The van der Waals surface area contributed by atoms with Crippen LogP contribution in [-0.2, 0) is 10.1 Å². The third-order valence-corrected chi connectivity index (χ3v) is 4.95. The van der Waals surface area contributed by atoms with Crippen LogP contribution in [0.25, 0.3) is 0 Å². The summed E-state index contributed by atoms with van der Waals surface area (Å²) in [4.78, 5) is 0. The molecular formula is C18H32Na2O3S. The minimum atomic E-state index is -3.44. The molecule has 3 nitrogen and oxygen atoms in total. The fourth-order valence-electron chi connectivity index (χ4n) is 2.43. The number of unbranched alkanes of at least 4 members (excludes halogenated alkanes) is 9. The van der Waals surface area contributed by atoms with Crippen molar-refractivity contribution in [2.45, 2.75) is 71.1 Å². The van der Waals surface area contributed by atoms with E-state index in [2.05, 4.69) is 6.92 Å². The van der Waals surface area contributed by atoms with Gasteiger partial charge in [0.1, 0.15) is 5.75 Å². The number of hydrogen-bond donors (Lipinski definition) is 0. The average molecular weight is 374 g/mol. The second kappa shape index (κ2) is 17.4. The summed E-state index contributed by atoms with van der Waals surface area (Å²) in [7, 11) is -3.44. The quantitative estimate of drug-likeness (QED) is 0.298. The van der Waals surface area contributed by atoms with E-state index in [0.717, 1.165) is 12.8 Å². The van der Waals surface area contributed by atoms with E-state index in [1.807, 2.05) is 6.07 Å². The van der Waals surface area contributed by atoms with E-state index < -0.39 is 10.1 Å². The van der Waals surface area contributed by atoms with Gasteiger partial charge in [-0.2, -0.15) is 8.42 Å². The molecule has 0 saturated heterocycles. The first kappa shape index (κ1) is 27.2. The third-order valence-electron chi connectivity index (χ3n) is 3.71. The van der Waals surface area contributed by atoms with Crippen molar-refractivity contribution in [2.24, 2.45) is 0 Å². The van der Waals surface area contributed by atoms with Crippen molar-refractivity contribution in [3.05, 3.63) is 30.3 Å². The maximum atomic E-state index is 11.8.